The Morgan fingerprint density at radius 2 is 2.15 bits per heavy atom. The molecule has 5 heteroatoms. The van der Waals surface area contributed by atoms with Gasteiger partial charge < -0.3 is 9.64 Å². The van der Waals surface area contributed by atoms with Gasteiger partial charge in [-0.05, 0) is 12.1 Å². The third-order valence-electron chi connectivity index (χ3n) is 3.03. The monoisotopic (exact) mass is 336 g/mol. The number of ether oxygens (including phenoxy) is 1. The van der Waals surface area contributed by atoms with Gasteiger partial charge in [0.2, 0.25) is 0 Å². The third-order valence-corrected chi connectivity index (χ3v) is 3.58. The molecule has 0 spiro atoms. The lowest BCUT2D eigenvalue weighted by molar-refractivity contribution is 0.0786. The van der Waals surface area contributed by atoms with E-state index in [4.69, 9.17) is 4.74 Å². The number of aromatic nitrogens is 1. The zero-order valence-electron chi connectivity index (χ0n) is 11.5. The van der Waals surface area contributed by atoms with E-state index in [2.05, 4.69) is 20.9 Å². The molecule has 0 radical (unpaired) electrons. The van der Waals surface area contributed by atoms with Crippen LogP contribution in [-0.2, 0) is 4.74 Å². The number of benzene rings is 1. The molecule has 4 nitrogen and oxygen atoms in total. The maximum atomic E-state index is 12.5. The summed E-state index contributed by atoms with van der Waals surface area (Å²) in [5.74, 6) is -0.0325. The van der Waals surface area contributed by atoms with Crippen molar-refractivity contribution in [1.29, 1.82) is 0 Å². The van der Waals surface area contributed by atoms with Crippen molar-refractivity contribution in [3.63, 3.8) is 0 Å². The molecule has 2 aromatic rings. The maximum absolute atomic E-state index is 12.5. The summed E-state index contributed by atoms with van der Waals surface area (Å²) in [5, 5.41) is 0.971. The highest BCUT2D eigenvalue weighted by Gasteiger charge is 2.17. The van der Waals surface area contributed by atoms with E-state index < -0.39 is 0 Å². The first-order valence-electron chi connectivity index (χ1n) is 6.35. The first-order chi connectivity index (χ1) is 9.63. The summed E-state index contributed by atoms with van der Waals surface area (Å²) in [4.78, 5) is 18.6. The molecular formula is C15H17BrN2O2. The van der Waals surface area contributed by atoms with Crippen LogP contribution in [0.15, 0.2) is 36.5 Å². The van der Waals surface area contributed by atoms with Crippen molar-refractivity contribution in [2.75, 3.05) is 27.3 Å². The number of fused-ring (bicyclic) bond motifs is 1. The number of nitrogens with zero attached hydrogens (tertiary/aromatic N) is 2. The lowest BCUT2D eigenvalue weighted by atomic mass is 10.1. The Balaban J connectivity index is 2.23. The summed E-state index contributed by atoms with van der Waals surface area (Å²) in [6.45, 7) is 1.14. The molecule has 1 heterocycles. The van der Waals surface area contributed by atoms with Gasteiger partial charge in [-0.15, -0.1) is 0 Å². The summed E-state index contributed by atoms with van der Waals surface area (Å²) in [7, 11) is 3.43. The molecular weight excluding hydrogens is 320 g/mol. The largest absolute Gasteiger partial charge is 0.383 e. The predicted molar refractivity (Wildman–Crippen MR) is 83.3 cm³/mol. The summed E-state index contributed by atoms with van der Waals surface area (Å²) in [6.07, 6.45) is 1.71. The minimum absolute atomic E-state index is 0.0325. The van der Waals surface area contributed by atoms with Crippen molar-refractivity contribution in [3.05, 3.63) is 42.1 Å². The smallest absolute Gasteiger partial charge is 0.255 e. The Morgan fingerprint density at radius 1 is 1.40 bits per heavy atom. The van der Waals surface area contributed by atoms with E-state index in [0.717, 1.165) is 10.9 Å². The first-order valence-corrected chi connectivity index (χ1v) is 7.27. The number of hydrogen-bond acceptors (Lipinski definition) is 3. The van der Waals surface area contributed by atoms with Gasteiger partial charge in [0.25, 0.3) is 5.91 Å². The molecule has 1 aromatic carbocycles. The molecule has 2 rings (SSSR count). The highest BCUT2D eigenvalue weighted by molar-refractivity contribution is 9.09. The van der Waals surface area contributed by atoms with E-state index in [-0.39, 0.29) is 10.7 Å². The molecule has 1 unspecified atom stereocenters. The van der Waals surface area contributed by atoms with E-state index in [0.29, 0.717) is 18.7 Å². The average Bonchev–Trinajstić information content (AvgIpc) is 2.46. The van der Waals surface area contributed by atoms with Gasteiger partial charge in [-0.2, -0.15) is 0 Å². The van der Waals surface area contributed by atoms with Crippen molar-refractivity contribution >= 4 is 32.7 Å². The van der Waals surface area contributed by atoms with Crippen LogP contribution in [0.4, 0.5) is 0 Å². The molecule has 0 aliphatic rings. The lowest BCUT2D eigenvalue weighted by Gasteiger charge is -2.20. The molecule has 1 aromatic heterocycles. The van der Waals surface area contributed by atoms with E-state index in [1.165, 1.54) is 0 Å². The zero-order valence-corrected chi connectivity index (χ0v) is 13.1. The number of amides is 1. The quantitative estimate of drug-likeness (QED) is 0.788. The molecule has 0 fully saturated rings. The summed E-state index contributed by atoms with van der Waals surface area (Å²) >= 11 is 3.49. The molecule has 20 heavy (non-hydrogen) atoms. The lowest BCUT2D eigenvalue weighted by Crippen LogP contribution is -2.33. The first kappa shape index (κ1) is 14.9. The summed E-state index contributed by atoms with van der Waals surface area (Å²) < 4.78 is 5.06. The van der Waals surface area contributed by atoms with Gasteiger partial charge in [0.15, 0.2) is 0 Å². The second-order valence-electron chi connectivity index (χ2n) is 4.62. The number of halogens is 1. The molecule has 0 aliphatic heterocycles. The van der Waals surface area contributed by atoms with Gasteiger partial charge in [0.1, 0.15) is 0 Å². The minimum atomic E-state index is -0.0325. The average molecular weight is 337 g/mol. The SMILES string of the molecule is COCC(Br)CN(C)C(=O)c1cccc2cccnc12. The Bertz CT molecular complexity index is 598. The van der Waals surface area contributed by atoms with Crippen molar-refractivity contribution in [2.24, 2.45) is 0 Å². The fourth-order valence-corrected chi connectivity index (χ4v) is 2.79. The van der Waals surface area contributed by atoms with Crippen LogP contribution in [0.2, 0.25) is 0 Å². The Morgan fingerprint density at radius 3 is 2.90 bits per heavy atom. The van der Waals surface area contributed by atoms with Gasteiger partial charge in [0, 0.05) is 32.3 Å². The third kappa shape index (κ3) is 3.35. The molecule has 0 saturated carbocycles. The standard InChI is InChI=1S/C15H17BrN2O2/c1-18(9-12(16)10-20-2)15(19)13-7-3-5-11-6-4-8-17-14(11)13/h3-8,12H,9-10H2,1-2H3. The van der Waals surface area contributed by atoms with Crippen LogP contribution in [0.25, 0.3) is 10.9 Å². The van der Waals surface area contributed by atoms with Crippen molar-refractivity contribution < 1.29 is 9.53 Å². The number of rotatable bonds is 5. The van der Waals surface area contributed by atoms with E-state index in [1.54, 1.807) is 25.3 Å². The van der Waals surface area contributed by atoms with Crippen LogP contribution >= 0.6 is 15.9 Å². The van der Waals surface area contributed by atoms with Crippen LogP contribution in [-0.4, -0.2) is 47.9 Å². The fraction of sp³-hybridized carbons (Fsp3) is 0.333. The zero-order chi connectivity index (χ0) is 14.5. The molecule has 106 valence electrons. The van der Waals surface area contributed by atoms with Gasteiger partial charge in [0.05, 0.1) is 22.5 Å². The van der Waals surface area contributed by atoms with Crippen LogP contribution < -0.4 is 0 Å². The van der Waals surface area contributed by atoms with E-state index in [9.17, 15) is 4.79 Å². The van der Waals surface area contributed by atoms with E-state index >= 15 is 0 Å². The number of carbonyl (C=O) groups is 1. The van der Waals surface area contributed by atoms with E-state index in [1.807, 2.05) is 30.3 Å². The Kier molecular flexibility index (Phi) is 5.09. The van der Waals surface area contributed by atoms with Crippen molar-refractivity contribution in [1.82, 2.24) is 9.88 Å². The summed E-state index contributed by atoms with van der Waals surface area (Å²) in [5.41, 5.74) is 1.37. The normalized spacial score (nSPS) is 12.3. The number of alkyl halides is 1. The Labute approximate surface area is 126 Å². The summed E-state index contributed by atoms with van der Waals surface area (Å²) in [6, 6.07) is 9.47. The number of hydrogen-bond donors (Lipinski definition) is 0. The number of para-hydroxylation sites is 1. The molecule has 1 amide bonds. The second kappa shape index (κ2) is 6.81. The number of pyridine rings is 1. The topological polar surface area (TPSA) is 42.4 Å². The molecule has 1 atom stereocenters. The second-order valence-corrected chi connectivity index (χ2v) is 5.91. The van der Waals surface area contributed by atoms with Crippen molar-refractivity contribution in [3.8, 4) is 0 Å². The van der Waals surface area contributed by atoms with Crippen LogP contribution in [0.1, 0.15) is 10.4 Å². The molecule has 0 bridgehead atoms. The van der Waals surface area contributed by atoms with Crippen LogP contribution in [0.3, 0.4) is 0 Å². The molecule has 0 N–H and O–H groups in total. The van der Waals surface area contributed by atoms with Crippen LogP contribution in [0, 0.1) is 0 Å². The highest BCUT2D eigenvalue weighted by atomic mass is 79.9. The number of methoxy groups -OCH3 is 1. The minimum Gasteiger partial charge on any atom is -0.383 e. The van der Waals surface area contributed by atoms with Crippen LogP contribution in [0.5, 0.6) is 0 Å². The number of carbonyl (C=O) groups excluding carboxylic acids is 1. The maximum Gasteiger partial charge on any atom is 0.255 e. The van der Waals surface area contributed by atoms with Gasteiger partial charge in [-0.3, -0.25) is 9.78 Å². The molecule has 0 saturated heterocycles. The predicted octanol–water partition coefficient (Wildman–Crippen LogP) is 2.72. The molecule has 0 aliphatic carbocycles. The fourth-order valence-electron chi connectivity index (χ4n) is 2.10. The van der Waals surface area contributed by atoms with Gasteiger partial charge >= 0.3 is 0 Å². The van der Waals surface area contributed by atoms with Crippen molar-refractivity contribution in [2.45, 2.75) is 4.83 Å². The Hall–Kier alpha value is -1.46. The van der Waals surface area contributed by atoms with Gasteiger partial charge in [-0.25, -0.2) is 0 Å². The highest BCUT2D eigenvalue weighted by Crippen LogP contribution is 2.17. The van der Waals surface area contributed by atoms with Gasteiger partial charge in [-0.1, -0.05) is 34.1 Å².